The molecule has 0 bridgehead atoms. The van der Waals surface area contributed by atoms with E-state index in [9.17, 15) is 12.8 Å². The van der Waals surface area contributed by atoms with Crippen molar-refractivity contribution in [3.63, 3.8) is 0 Å². The van der Waals surface area contributed by atoms with Gasteiger partial charge in [-0.15, -0.1) is 0 Å². The van der Waals surface area contributed by atoms with Gasteiger partial charge in [-0.25, -0.2) is 13.4 Å². The lowest BCUT2D eigenvalue weighted by atomic mass is 10.4. The van der Waals surface area contributed by atoms with Gasteiger partial charge in [-0.1, -0.05) is 0 Å². The normalized spacial score (nSPS) is 19.9. The Morgan fingerprint density at radius 3 is 2.86 bits per heavy atom. The van der Waals surface area contributed by atoms with Crippen LogP contribution in [0.3, 0.4) is 0 Å². The molecule has 0 atom stereocenters. The Bertz CT molecular complexity index is 446. The van der Waals surface area contributed by atoms with E-state index >= 15 is 0 Å². The van der Waals surface area contributed by atoms with Crippen molar-refractivity contribution >= 4 is 15.7 Å². The quantitative estimate of drug-likeness (QED) is 0.651. The predicted octanol–water partition coefficient (Wildman–Crippen LogP) is 0.761. The molecule has 0 aliphatic carbocycles. The molecule has 0 N–H and O–H groups in total. The summed E-state index contributed by atoms with van der Waals surface area (Å²) < 4.78 is 37.1. The SMILES string of the molecule is O=S1(=O)CCCN1c1cccnc1F. The highest BCUT2D eigenvalue weighted by Gasteiger charge is 2.30. The highest BCUT2D eigenvalue weighted by molar-refractivity contribution is 7.93. The number of halogens is 1. The number of hydrogen-bond donors (Lipinski definition) is 0. The lowest BCUT2D eigenvalue weighted by Gasteiger charge is -2.16. The standard InChI is InChI=1S/C8H9FN2O2S/c9-8-7(3-1-4-10-8)11-5-2-6-14(11,12)13/h1,3-4H,2,5-6H2. The van der Waals surface area contributed by atoms with Gasteiger partial charge < -0.3 is 0 Å². The van der Waals surface area contributed by atoms with Crippen LogP contribution in [0.25, 0.3) is 0 Å². The zero-order valence-electron chi connectivity index (χ0n) is 7.35. The van der Waals surface area contributed by atoms with Crippen molar-refractivity contribution in [2.24, 2.45) is 0 Å². The first-order valence-corrected chi connectivity index (χ1v) is 5.83. The van der Waals surface area contributed by atoms with E-state index in [0.717, 1.165) is 4.31 Å². The van der Waals surface area contributed by atoms with Gasteiger partial charge in [0.25, 0.3) is 0 Å². The summed E-state index contributed by atoms with van der Waals surface area (Å²) in [6.45, 7) is 0.338. The van der Waals surface area contributed by atoms with Crippen LogP contribution in [0.1, 0.15) is 6.42 Å². The Morgan fingerprint density at radius 2 is 2.29 bits per heavy atom. The van der Waals surface area contributed by atoms with Crippen molar-refractivity contribution in [1.82, 2.24) is 4.98 Å². The van der Waals surface area contributed by atoms with Crippen LogP contribution >= 0.6 is 0 Å². The van der Waals surface area contributed by atoms with E-state index in [2.05, 4.69) is 4.98 Å². The fraction of sp³-hybridized carbons (Fsp3) is 0.375. The molecule has 0 aromatic carbocycles. The van der Waals surface area contributed by atoms with Crippen LogP contribution < -0.4 is 4.31 Å². The van der Waals surface area contributed by atoms with Gasteiger partial charge in [-0.2, -0.15) is 4.39 Å². The van der Waals surface area contributed by atoms with Gasteiger partial charge in [-0.05, 0) is 18.6 Å². The number of hydrogen-bond acceptors (Lipinski definition) is 3. The van der Waals surface area contributed by atoms with Crippen LogP contribution in [0, 0.1) is 5.95 Å². The maximum absolute atomic E-state index is 13.2. The lowest BCUT2D eigenvalue weighted by molar-refractivity contribution is 0.577. The number of sulfonamides is 1. The van der Waals surface area contributed by atoms with E-state index in [4.69, 9.17) is 0 Å². The lowest BCUT2D eigenvalue weighted by Crippen LogP contribution is -2.26. The summed E-state index contributed by atoms with van der Waals surface area (Å²) in [5, 5.41) is 0. The van der Waals surface area contributed by atoms with Crippen LogP contribution in [0.2, 0.25) is 0 Å². The third kappa shape index (κ3) is 1.45. The Kier molecular flexibility index (Phi) is 2.14. The molecule has 6 heteroatoms. The predicted molar refractivity (Wildman–Crippen MR) is 49.9 cm³/mol. The molecule has 76 valence electrons. The fourth-order valence-corrected chi connectivity index (χ4v) is 3.03. The number of nitrogens with zero attached hydrogens (tertiary/aromatic N) is 2. The molecule has 2 heterocycles. The summed E-state index contributed by atoms with van der Waals surface area (Å²) >= 11 is 0. The molecule has 2 rings (SSSR count). The minimum Gasteiger partial charge on any atom is -0.266 e. The molecule has 1 fully saturated rings. The zero-order valence-corrected chi connectivity index (χ0v) is 8.17. The molecule has 0 radical (unpaired) electrons. The van der Waals surface area contributed by atoms with Gasteiger partial charge in [0.2, 0.25) is 16.0 Å². The third-order valence-corrected chi connectivity index (χ3v) is 3.96. The number of aromatic nitrogens is 1. The van der Waals surface area contributed by atoms with Gasteiger partial charge in [0.1, 0.15) is 5.69 Å². The summed E-state index contributed by atoms with van der Waals surface area (Å²) in [4.78, 5) is 3.42. The van der Waals surface area contributed by atoms with Crippen molar-refractivity contribution in [3.05, 3.63) is 24.3 Å². The van der Waals surface area contributed by atoms with E-state index in [1.54, 1.807) is 0 Å². The Balaban J connectivity index is 2.46. The molecule has 1 saturated heterocycles. The van der Waals surface area contributed by atoms with E-state index in [1.165, 1.54) is 18.3 Å². The molecule has 1 aromatic rings. The summed E-state index contributed by atoms with van der Waals surface area (Å²) in [7, 11) is -3.31. The van der Waals surface area contributed by atoms with Crippen molar-refractivity contribution in [2.75, 3.05) is 16.6 Å². The number of anilines is 1. The van der Waals surface area contributed by atoms with Gasteiger partial charge in [0, 0.05) is 12.7 Å². The van der Waals surface area contributed by atoms with Crippen molar-refractivity contribution in [2.45, 2.75) is 6.42 Å². The van der Waals surface area contributed by atoms with E-state index < -0.39 is 16.0 Å². The molecule has 0 saturated carbocycles. The maximum Gasteiger partial charge on any atom is 0.237 e. The highest BCUT2D eigenvalue weighted by atomic mass is 32.2. The van der Waals surface area contributed by atoms with Gasteiger partial charge >= 0.3 is 0 Å². The van der Waals surface area contributed by atoms with Gasteiger partial charge in [0.05, 0.1) is 5.75 Å². The molecule has 0 spiro atoms. The van der Waals surface area contributed by atoms with E-state index in [-0.39, 0.29) is 11.4 Å². The molecule has 0 amide bonds. The monoisotopic (exact) mass is 216 g/mol. The molecule has 4 nitrogen and oxygen atoms in total. The summed E-state index contributed by atoms with van der Waals surface area (Å²) in [5.41, 5.74) is 0.0463. The molecule has 1 aliphatic heterocycles. The van der Waals surface area contributed by atoms with Crippen LogP contribution in [-0.2, 0) is 10.0 Å². The Morgan fingerprint density at radius 1 is 1.50 bits per heavy atom. The zero-order chi connectivity index (χ0) is 10.2. The average molecular weight is 216 g/mol. The molecular formula is C8H9FN2O2S. The van der Waals surface area contributed by atoms with E-state index in [1.807, 2.05) is 0 Å². The minimum atomic E-state index is -3.31. The van der Waals surface area contributed by atoms with Crippen LogP contribution in [0.5, 0.6) is 0 Å². The Labute approximate surface area is 81.4 Å². The molecule has 0 unspecified atom stereocenters. The summed E-state index contributed by atoms with van der Waals surface area (Å²) in [5.74, 6) is -0.653. The first-order valence-electron chi connectivity index (χ1n) is 4.22. The van der Waals surface area contributed by atoms with Crippen molar-refractivity contribution in [1.29, 1.82) is 0 Å². The third-order valence-electron chi connectivity index (χ3n) is 2.11. The molecule has 1 aliphatic rings. The van der Waals surface area contributed by atoms with Crippen LogP contribution in [0.4, 0.5) is 10.1 Å². The number of rotatable bonds is 1. The smallest absolute Gasteiger partial charge is 0.237 e. The van der Waals surface area contributed by atoms with Crippen molar-refractivity contribution in [3.8, 4) is 0 Å². The largest absolute Gasteiger partial charge is 0.266 e. The van der Waals surface area contributed by atoms with Crippen LogP contribution in [-0.4, -0.2) is 25.7 Å². The average Bonchev–Trinajstić information content (AvgIpc) is 2.46. The second kappa shape index (κ2) is 3.20. The van der Waals surface area contributed by atoms with Crippen molar-refractivity contribution < 1.29 is 12.8 Å². The van der Waals surface area contributed by atoms with E-state index in [0.29, 0.717) is 13.0 Å². The van der Waals surface area contributed by atoms with Crippen LogP contribution in [0.15, 0.2) is 18.3 Å². The second-order valence-electron chi connectivity index (χ2n) is 3.06. The highest BCUT2D eigenvalue weighted by Crippen LogP contribution is 2.24. The Hall–Kier alpha value is -1.17. The molecular weight excluding hydrogens is 207 g/mol. The second-order valence-corrected chi connectivity index (χ2v) is 5.07. The van der Waals surface area contributed by atoms with Gasteiger partial charge in [-0.3, -0.25) is 4.31 Å². The number of pyridine rings is 1. The summed E-state index contributed by atoms with van der Waals surface area (Å²) in [6.07, 6.45) is 1.83. The molecule has 14 heavy (non-hydrogen) atoms. The molecule has 1 aromatic heterocycles. The topological polar surface area (TPSA) is 50.3 Å². The first-order chi connectivity index (χ1) is 6.61. The summed E-state index contributed by atoms with van der Waals surface area (Å²) in [6, 6.07) is 2.94. The maximum atomic E-state index is 13.2. The first kappa shape index (κ1) is 9.39. The van der Waals surface area contributed by atoms with Gasteiger partial charge in [0.15, 0.2) is 0 Å². The fourth-order valence-electron chi connectivity index (χ4n) is 1.47. The minimum absolute atomic E-state index is 0.0463.